The van der Waals surface area contributed by atoms with E-state index in [0.29, 0.717) is 17.7 Å². The van der Waals surface area contributed by atoms with Crippen molar-refractivity contribution in [2.75, 3.05) is 31.1 Å². The third-order valence-electron chi connectivity index (χ3n) is 4.19. The third-order valence-corrected chi connectivity index (χ3v) is 4.19. The number of pyridine rings is 1. The van der Waals surface area contributed by atoms with Crippen LogP contribution in [0.2, 0.25) is 0 Å². The molecule has 7 nitrogen and oxygen atoms in total. The van der Waals surface area contributed by atoms with Gasteiger partial charge in [-0.3, -0.25) is 4.79 Å². The Morgan fingerprint density at radius 3 is 2.65 bits per heavy atom. The van der Waals surface area contributed by atoms with Crippen LogP contribution in [-0.2, 0) is 6.54 Å². The lowest BCUT2D eigenvalue weighted by molar-refractivity contribution is -0.267. The number of anilines is 1. The molecule has 0 bridgehead atoms. The first-order chi connectivity index (χ1) is 11.0. The summed E-state index contributed by atoms with van der Waals surface area (Å²) in [5.74, 6) is -1.53. The van der Waals surface area contributed by atoms with E-state index in [4.69, 9.17) is 5.11 Å². The van der Waals surface area contributed by atoms with Gasteiger partial charge >= 0.3 is 5.97 Å². The number of piperazine rings is 1. The largest absolute Gasteiger partial charge is 0.871 e. The number of hydrogen-bond donors (Lipinski definition) is 2. The maximum atomic E-state index is 12.4. The minimum Gasteiger partial charge on any atom is -0.871 e. The van der Waals surface area contributed by atoms with Crippen molar-refractivity contribution >= 4 is 22.6 Å². The van der Waals surface area contributed by atoms with Crippen molar-refractivity contribution in [2.45, 2.75) is 13.5 Å². The van der Waals surface area contributed by atoms with Gasteiger partial charge in [0.1, 0.15) is 5.56 Å². The highest BCUT2D eigenvalue weighted by Crippen LogP contribution is 2.29. The van der Waals surface area contributed by atoms with Gasteiger partial charge in [0.05, 0.1) is 5.52 Å². The molecule has 2 heterocycles. The SMILES string of the molecule is CCn1cc(C(=O)O)c(=O)c2cc([O-])c(N3CCNCC3)cc21. The molecule has 0 radical (unpaired) electrons. The molecule has 7 heteroatoms. The maximum absolute atomic E-state index is 12.4. The highest BCUT2D eigenvalue weighted by atomic mass is 16.4. The fourth-order valence-corrected chi connectivity index (χ4v) is 2.97. The Morgan fingerprint density at radius 1 is 1.35 bits per heavy atom. The second-order valence-corrected chi connectivity index (χ2v) is 5.54. The number of fused-ring (bicyclic) bond motifs is 1. The first-order valence-corrected chi connectivity index (χ1v) is 7.60. The van der Waals surface area contributed by atoms with Crippen LogP contribution in [0.5, 0.6) is 5.75 Å². The van der Waals surface area contributed by atoms with Crippen LogP contribution in [0.4, 0.5) is 5.69 Å². The highest BCUT2D eigenvalue weighted by molar-refractivity contribution is 5.94. The maximum Gasteiger partial charge on any atom is 0.341 e. The molecule has 1 aromatic heterocycles. The van der Waals surface area contributed by atoms with E-state index in [0.717, 1.165) is 26.2 Å². The summed E-state index contributed by atoms with van der Waals surface area (Å²) in [7, 11) is 0. The van der Waals surface area contributed by atoms with Crippen LogP contribution in [0, 0.1) is 0 Å². The first-order valence-electron chi connectivity index (χ1n) is 7.60. The number of carbonyl (C=O) groups is 1. The summed E-state index contributed by atoms with van der Waals surface area (Å²) >= 11 is 0. The lowest BCUT2D eigenvalue weighted by Crippen LogP contribution is -2.43. The molecule has 1 saturated heterocycles. The average molecular weight is 316 g/mol. The monoisotopic (exact) mass is 316 g/mol. The van der Waals surface area contributed by atoms with Crippen LogP contribution in [0.3, 0.4) is 0 Å². The standard InChI is InChI=1S/C16H19N3O4/c1-2-18-9-11(16(22)23)15(21)10-7-14(20)13(8-12(10)18)19-5-3-17-4-6-19/h7-9,17,20H,2-6H2,1H3,(H,22,23)/p-1. The number of carboxylic acid groups (broad SMARTS) is 1. The molecule has 0 atom stereocenters. The minimum atomic E-state index is -1.28. The Bertz CT molecular complexity index is 822. The zero-order valence-corrected chi connectivity index (χ0v) is 12.8. The molecule has 0 amide bonds. The lowest BCUT2D eigenvalue weighted by atomic mass is 10.1. The van der Waals surface area contributed by atoms with Gasteiger partial charge in [0.2, 0.25) is 5.43 Å². The predicted molar refractivity (Wildman–Crippen MR) is 85.4 cm³/mol. The normalized spacial score (nSPS) is 15.1. The van der Waals surface area contributed by atoms with E-state index >= 15 is 0 Å². The topological polar surface area (TPSA) is 97.6 Å². The molecule has 2 aromatic rings. The number of aromatic nitrogens is 1. The molecule has 23 heavy (non-hydrogen) atoms. The van der Waals surface area contributed by atoms with E-state index < -0.39 is 11.4 Å². The van der Waals surface area contributed by atoms with Crippen LogP contribution in [0.1, 0.15) is 17.3 Å². The van der Waals surface area contributed by atoms with E-state index in [-0.39, 0.29) is 16.7 Å². The van der Waals surface area contributed by atoms with Crippen molar-refractivity contribution in [2.24, 2.45) is 0 Å². The molecule has 2 N–H and O–H groups in total. The molecule has 0 saturated carbocycles. The van der Waals surface area contributed by atoms with Crippen LogP contribution in [-0.4, -0.2) is 41.8 Å². The van der Waals surface area contributed by atoms with Crippen LogP contribution in [0.25, 0.3) is 10.9 Å². The van der Waals surface area contributed by atoms with Crippen molar-refractivity contribution in [3.05, 3.63) is 34.1 Å². The molecule has 0 aliphatic carbocycles. The number of nitrogens with zero attached hydrogens (tertiary/aromatic N) is 2. The average Bonchev–Trinajstić information content (AvgIpc) is 2.55. The quantitative estimate of drug-likeness (QED) is 0.840. The van der Waals surface area contributed by atoms with Crippen LogP contribution in [0.15, 0.2) is 23.1 Å². The molecule has 122 valence electrons. The zero-order chi connectivity index (χ0) is 16.6. The molecule has 1 aromatic carbocycles. The van der Waals surface area contributed by atoms with Crippen molar-refractivity contribution in [3.63, 3.8) is 0 Å². The predicted octanol–water partition coefficient (Wildman–Crippen LogP) is 0.203. The van der Waals surface area contributed by atoms with Gasteiger partial charge in [0.15, 0.2) is 0 Å². The number of carboxylic acids is 1. The Balaban J connectivity index is 2.24. The fraction of sp³-hybridized carbons (Fsp3) is 0.375. The van der Waals surface area contributed by atoms with E-state index in [2.05, 4.69) is 5.32 Å². The molecule has 3 rings (SSSR count). The number of aromatic carboxylic acids is 1. The Kier molecular flexibility index (Phi) is 3.96. The van der Waals surface area contributed by atoms with Crippen molar-refractivity contribution in [3.8, 4) is 5.75 Å². The van der Waals surface area contributed by atoms with Crippen molar-refractivity contribution in [1.82, 2.24) is 9.88 Å². The lowest BCUT2D eigenvalue weighted by Gasteiger charge is -2.33. The molecule has 1 aliphatic heterocycles. The van der Waals surface area contributed by atoms with Gasteiger partial charge in [0, 0.05) is 50.0 Å². The van der Waals surface area contributed by atoms with Gasteiger partial charge in [-0.15, -0.1) is 0 Å². The second-order valence-electron chi connectivity index (χ2n) is 5.54. The smallest absolute Gasteiger partial charge is 0.341 e. The molecule has 0 spiro atoms. The van der Waals surface area contributed by atoms with Crippen LogP contribution >= 0.6 is 0 Å². The van der Waals surface area contributed by atoms with Crippen molar-refractivity contribution < 1.29 is 15.0 Å². The summed E-state index contributed by atoms with van der Waals surface area (Å²) in [5.41, 5.74) is 0.231. The number of aryl methyl sites for hydroxylation is 1. The van der Waals surface area contributed by atoms with Gasteiger partial charge in [0.25, 0.3) is 0 Å². The first kappa shape index (κ1) is 15.4. The van der Waals surface area contributed by atoms with Gasteiger partial charge in [-0.2, -0.15) is 0 Å². The van der Waals surface area contributed by atoms with E-state index in [1.54, 1.807) is 10.6 Å². The minimum absolute atomic E-state index is 0.163. The number of rotatable bonds is 3. The van der Waals surface area contributed by atoms with Crippen molar-refractivity contribution in [1.29, 1.82) is 0 Å². The highest BCUT2D eigenvalue weighted by Gasteiger charge is 2.17. The molecule has 1 fully saturated rings. The third kappa shape index (κ3) is 2.63. The fourth-order valence-electron chi connectivity index (χ4n) is 2.97. The van der Waals surface area contributed by atoms with Gasteiger partial charge < -0.3 is 25.0 Å². The summed E-state index contributed by atoms with van der Waals surface area (Å²) in [6.45, 7) is 5.43. The summed E-state index contributed by atoms with van der Waals surface area (Å²) in [6, 6.07) is 2.98. The Hall–Kier alpha value is -2.54. The Labute approximate surface area is 132 Å². The van der Waals surface area contributed by atoms with E-state index in [1.807, 2.05) is 11.8 Å². The second kappa shape index (κ2) is 5.92. The van der Waals surface area contributed by atoms with Gasteiger partial charge in [-0.25, -0.2) is 4.79 Å². The number of nitrogens with one attached hydrogen (secondary N) is 1. The zero-order valence-electron chi connectivity index (χ0n) is 12.8. The van der Waals surface area contributed by atoms with E-state index in [9.17, 15) is 14.7 Å². The Morgan fingerprint density at radius 2 is 2.04 bits per heavy atom. The summed E-state index contributed by atoms with van der Waals surface area (Å²) in [6.07, 6.45) is 1.35. The molecular weight excluding hydrogens is 298 g/mol. The summed E-state index contributed by atoms with van der Waals surface area (Å²) in [4.78, 5) is 25.5. The molecule has 1 aliphatic rings. The number of hydrogen-bond acceptors (Lipinski definition) is 5. The van der Waals surface area contributed by atoms with Gasteiger partial charge in [-0.05, 0) is 13.0 Å². The van der Waals surface area contributed by atoms with Gasteiger partial charge in [-0.1, -0.05) is 11.8 Å². The number of benzene rings is 1. The summed E-state index contributed by atoms with van der Waals surface area (Å²) < 4.78 is 1.70. The van der Waals surface area contributed by atoms with Crippen LogP contribution < -0.4 is 20.8 Å². The molecular formula is C16H18N3O4-. The summed E-state index contributed by atoms with van der Waals surface area (Å²) in [5, 5.41) is 25.0. The van der Waals surface area contributed by atoms with E-state index in [1.165, 1.54) is 12.3 Å². The molecule has 0 unspecified atom stereocenters.